The van der Waals surface area contributed by atoms with Crippen molar-refractivity contribution in [2.24, 2.45) is 0 Å². The average molecular weight is 449 g/mol. The van der Waals surface area contributed by atoms with Crippen molar-refractivity contribution in [1.82, 2.24) is 20.2 Å². The quantitative estimate of drug-likeness (QED) is 0.538. The van der Waals surface area contributed by atoms with Crippen molar-refractivity contribution in [3.63, 3.8) is 0 Å². The normalized spacial score (nSPS) is 15.0. The molecule has 0 saturated carbocycles. The second kappa shape index (κ2) is 9.61. The standard InChI is InChI=1S/C23H20N4O4S/c28-20(11-10-19-25-17-9-5-4-8-16(17)21(29)26-19)24-12-13-27-22(30)18(32-23(27)31)14-15-6-2-1-3-7-15/h1-9,14H,10-13H2,(H,24,28)(H,25,26,29)/b18-14-. The average Bonchev–Trinajstić information content (AvgIpc) is 3.06. The van der Waals surface area contributed by atoms with Crippen LogP contribution in [0.1, 0.15) is 17.8 Å². The van der Waals surface area contributed by atoms with Crippen molar-refractivity contribution in [3.8, 4) is 0 Å². The molecule has 0 aliphatic carbocycles. The van der Waals surface area contributed by atoms with Gasteiger partial charge < -0.3 is 10.3 Å². The number of aryl methyl sites for hydroxylation is 1. The zero-order valence-electron chi connectivity index (χ0n) is 17.0. The summed E-state index contributed by atoms with van der Waals surface area (Å²) in [5.41, 5.74) is 1.18. The molecule has 8 nitrogen and oxygen atoms in total. The van der Waals surface area contributed by atoms with Crippen molar-refractivity contribution in [2.45, 2.75) is 12.8 Å². The molecule has 0 spiro atoms. The van der Waals surface area contributed by atoms with Crippen LogP contribution in [0.25, 0.3) is 17.0 Å². The largest absolute Gasteiger partial charge is 0.354 e. The molecule has 2 aromatic carbocycles. The number of fused-ring (bicyclic) bond motifs is 1. The Morgan fingerprint density at radius 3 is 2.62 bits per heavy atom. The molecule has 0 bridgehead atoms. The van der Waals surface area contributed by atoms with E-state index in [2.05, 4.69) is 15.3 Å². The summed E-state index contributed by atoms with van der Waals surface area (Å²) in [4.78, 5) is 57.5. The highest BCUT2D eigenvalue weighted by molar-refractivity contribution is 8.18. The van der Waals surface area contributed by atoms with Gasteiger partial charge in [0.05, 0.1) is 15.8 Å². The predicted octanol–water partition coefficient (Wildman–Crippen LogP) is 2.71. The lowest BCUT2D eigenvalue weighted by Crippen LogP contribution is -2.37. The summed E-state index contributed by atoms with van der Waals surface area (Å²) in [6.45, 7) is 0.241. The maximum Gasteiger partial charge on any atom is 0.293 e. The molecule has 1 saturated heterocycles. The molecule has 1 aliphatic rings. The van der Waals surface area contributed by atoms with Gasteiger partial charge in [0.25, 0.3) is 16.7 Å². The third-order valence-corrected chi connectivity index (χ3v) is 5.79. The van der Waals surface area contributed by atoms with Gasteiger partial charge >= 0.3 is 0 Å². The fraction of sp³-hybridized carbons (Fsp3) is 0.174. The van der Waals surface area contributed by atoms with Crippen LogP contribution in [0.2, 0.25) is 0 Å². The third-order valence-electron chi connectivity index (χ3n) is 4.88. The number of hydrogen-bond acceptors (Lipinski definition) is 6. The van der Waals surface area contributed by atoms with E-state index in [0.717, 1.165) is 22.2 Å². The molecular formula is C23H20N4O4S. The molecular weight excluding hydrogens is 428 g/mol. The number of thioether (sulfide) groups is 1. The predicted molar refractivity (Wildman–Crippen MR) is 123 cm³/mol. The molecule has 4 rings (SSSR count). The van der Waals surface area contributed by atoms with Crippen LogP contribution in [0, 0.1) is 0 Å². The SMILES string of the molecule is O=C(CCc1nc2ccccc2c(=O)[nH]1)NCCN1C(=O)S/C(=C\c2ccccc2)C1=O. The minimum atomic E-state index is -0.365. The number of carbonyl (C=O) groups excluding carboxylic acids is 3. The molecule has 32 heavy (non-hydrogen) atoms. The second-order valence-electron chi connectivity index (χ2n) is 7.12. The lowest BCUT2D eigenvalue weighted by molar-refractivity contribution is -0.124. The first-order valence-corrected chi connectivity index (χ1v) is 10.9. The number of imide groups is 1. The number of nitrogens with zero attached hydrogens (tertiary/aromatic N) is 2. The molecule has 9 heteroatoms. The van der Waals surface area contributed by atoms with E-state index in [-0.39, 0.29) is 48.5 Å². The van der Waals surface area contributed by atoms with Gasteiger partial charge in [0, 0.05) is 25.9 Å². The highest BCUT2D eigenvalue weighted by Gasteiger charge is 2.34. The highest BCUT2D eigenvalue weighted by Crippen LogP contribution is 2.31. The van der Waals surface area contributed by atoms with Crippen molar-refractivity contribution in [3.05, 3.63) is 81.2 Å². The number of rotatable bonds is 7. The van der Waals surface area contributed by atoms with Gasteiger partial charge in [-0.1, -0.05) is 42.5 Å². The number of carbonyl (C=O) groups is 3. The summed E-state index contributed by atoms with van der Waals surface area (Å²) >= 11 is 0.889. The number of H-pyrrole nitrogens is 1. The Bertz CT molecular complexity index is 1270. The smallest absolute Gasteiger partial charge is 0.293 e. The van der Waals surface area contributed by atoms with Gasteiger partial charge in [-0.3, -0.25) is 24.1 Å². The number of aromatic amines is 1. The summed E-state index contributed by atoms with van der Waals surface area (Å²) in [7, 11) is 0. The zero-order valence-corrected chi connectivity index (χ0v) is 17.9. The molecule has 3 aromatic rings. The van der Waals surface area contributed by atoms with E-state index in [0.29, 0.717) is 21.6 Å². The number of para-hydroxylation sites is 1. The van der Waals surface area contributed by atoms with Gasteiger partial charge in [-0.15, -0.1) is 0 Å². The number of hydrogen-bond donors (Lipinski definition) is 2. The van der Waals surface area contributed by atoms with Crippen LogP contribution in [-0.4, -0.2) is 45.0 Å². The molecule has 0 radical (unpaired) electrons. The molecule has 2 N–H and O–H groups in total. The fourth-order valence-corrected chi connectivity index (χ4v) is 4.14. The molecule has 0 atom stereocenters. The first-order chi connectivity index (χ1) is 15.5. The van der Waals surface area contributed by atoms with E-state index in [1.54, 1.807) is 30.3 Å². The van der Waals surface area contributed by atoms with E-state index in [1.807, 2.05) is 30.3 Å². The third kappa shape index (κ3) is 4.94. The topological polar surface area (TPSA) is 112 Å². The number of benzene rings is 2. The maximum absolute atomic E-state index is 12.5. The Labute approximate surface area is 187 Å². The molecule has 162 valence electrons. The van der Waals surface area contributed by atoms with Gasteiger partial charge in [0.1, 0.15) is 5.82 Å². The maximum atomic E-state index is 12.5. The lowest BCUT2D eigenvalue weighted by Gasteiger charge is -2.13. The monoisotopic (exact) mass is 448 g/mol. The molecule has 2 heterocycles. The zero-order chi connectivity index (χ0) is 22.5. The summed E-state index contributed by atoms with van der Waals surface area (Å²) in [6.07, 6.45) is 2.07. The van der Waals surface area contributed by atoms with E-state index >= 15 is 0 Å². The van der Waals surface area contributed by atoms with Crippen molar-refractivity contribution in [1.29, 1.82) is 0 Å². The van der Waals surface area contributed by atoms with Gasteiger partial charge in [-0.25, -0.2) is 4.98 Å². The number of amides is 3. The van der Waals surface area contributed by atoms with Crippen molar-refractivity contribution < 1.29 is 14.4 Å². The van der Waals surface area contributed by atoms with Crippen LogP contribution >= 0.6 is 11.8 Å². The van der Waals surface area contributed by atoms with Crippen LogP contribution < -0.4 is 10.9 Å². The van der Waals surface area contributed by atoms with E-state index in [9.17, 15) is 19.2 Å². The van der Waals surface area contributed by atoms with Crippen LogP contribution in [0.15, 0.2) is 64.3 Å². The van der Waals surface area contributed by atoms with E-state index in [4.69, 9.17) is 0 Å². The molecule has 3 amide bonds. The molecule has 1 aliphatic heterocycles. The molecule has 1 fully saturated rings. The van der Waals surface area contributed by atoms with Crippen LogP contribution in [-0.2, 0) is 16.0 Å². The van der Waals surface area contributed by atoms with Crippen LogP contribution in [0.5, 0.6) is 0 Å². The molecule has 0 unspecified atom stereocenters. The van der Waals surface area contributed by atoms with Crippen LogP contribution in [0.3, 0.4) is 0 Å². The van der Waals surface area contributed by atoms with E-state index < -0.39 is 0 Å². The second-order valence-corrected chi connectivity index (χ2v) is 8.12. The Balaban J connectivity index is 1.28. The van der Waals surface area contributed by atoms with Crippen molar-refractivity contribution in [2.75, 3.05) is 13.1 Å². The van der Waals surface area contributed by atoms with Gasteiger partial charge in [-0.05, 0) is 35.5 Å². The fourth-order valence-electron chi connectivity index (χ4n) is 3.27. The number of nitrogens with one attached hydrogen (secondary N) is 2. The highest BCUT2D eigenvalue weighted by atomic mass is 32.2. The number of aromatic nitrogens is 2. The lowest BCUT2D eigenvalue weighted by atomic mass is 10.2. The minimum Gasteiger partial charge on any atom is -0.354 e. The molecule has 1 aromatic heterocycles. The first-order valence-electron chi connectivity index (χ1n) is 10.1. The summed E-state index contributed by atoms with van der Waals surface area (Å²) in [5.74, 6) is -0.190. The van der Waals surface area contributed by atoms with Gasteiger partial charge in [-0.2, -0.15) is 0 Å². The summed E-state index contributed by atoms with van der Waals surface area (Å²) in [6, 6.07) is 16.3. The summed E-state index contributed by atoms with van der Waals surface area (Å²) in [5, 5.41) is 2.85. The van der Waals surface area contributed by atoms with E-state index in [1.165, 1.54) is 0 Å². The Morgan fingerprint density at radius 1 is 1.06 bits per heavy atom. The van der Waals surface area contributed by atoms with Gasteiger partial charge in [0.15, 0.2) is 0 Å². The Hall–Kier alpha value is -3.72. The summed E-state index contributed by atoms with van der Waals surface area (Å²) < 4.78 is 0. The Kier molecular flexibility index (Phi) is 6.46. The van der Waals surface area contributed by atoms with Gasteiger partial charge in [0.2, 0.25) is 5.91 Å². The Morgan fingerprint density at radius 2 is 1.81 bits per heavy atom. The van der Waals surface area contributed by atoms with Crippen molar-refractivity contribution >= 4 is 45.8 Å². The minimum absolute atomic E-state index is 0.0909. The first kappa shape index (κ1) is 21.5. The van der Waals surface area contributed by atoms with Crippen LogP contribution in [0.4, 0.5) is 4.79 Å².